The highest BCUT2D eigenvalue weighted by atomic mass is 32.2. The Bertz CT molecular complexity index is 749. The monoisotopic (exact) mass is 410 g/mol. The van der Waals surface area contributed by atoms with Crippen molar-refractivity contribution in [2.45, 2.75) is 69.2 Å². The number of carbonyl (C=O) groups excluding carboxylic acids is 1. The van der Waals surface area contributed by atoms with Crippen LogP contribution in [0.3, 0.4) is 0 Å². The second-order valence-corrected chi connectivity index (χ2v) is 9.66. The highest BCUT2D eigenvalue weighted by Crippen LogP contribution is 2.23. The van der Waals surface area contributed by atoms with Crippen molar-refractivity contribution in [2.24, 2.45) is 0 Å². The minimum Gasteiger partial charge on any atom is -0.373 e. The third-order valence-electron chi connectivity index (χ3n) is 5.16. The van der Waals surface area contributed by atoms with Crippen LogP contribution in [0.25, 0.3) is 0 Å². The number of anilines is 1. The zero-order valence-corrected chi connectivity index (χ0v) is 17.4. The van der Waals surface area contributed by atoms with E-state index in [4.69, 9.17) is 9.47 Å². The third kappa shape index (κ3) is 5.53. The minimum absolute atomic E-state index is 0.0221. The molecule has 1 saturated heterocycles. The van der Waals surface area contributed by atoms with Crippen molar-refractivity contribution >= 4 is 21.6 Å². The molecule has 0 aromatic heterocycles. The van der Waals surface area contributed by atoms with Gasteiger partial charge < -0.3 is 14.8 Å². The summed E-state index contributed by atoms with van der Waals surface area (Å²) in [6.45, 7) is 4.43. The Morgan fingerprint density at radius 1 is 1.11 bits per heavy atom. The SMILES string of the molecule is C[C@@H]1CN(S(=O)(=O)c2ccc(NC(=O)COC3CCCCC3)cc2)C[C@H](C)O1. The Morgan fingerprint density at radius 3 is 2.32 bits per heavy atom. The van der Waals surface area contributed by atoms with Crippen molar-refractivity contribution in [2.75, 3.05) is 25.0 Å². The van der Waals surface area contributed by atoms with Crippen molar-refractivity contribution in [3.8, 4) is 0 Å². The summed E-state index contributed by atoms with van der Waals surface area (Å²) in [6, 6.07) is 6.27. The smallest absolute Gasteiger partial charge is 0.250 e. The molecule has 3 rings (SSSR count). The highest BCUT2D eigenvalue weighted by molar-refractivity contribution is 7.89. The first-order chi connectivity index (χ1) is 13.3. The molecule has 1 heterocycles. The van der Waals surface area contributed by atoms with E-state index in [2.05, 4.69) is 5.32 Å². The molecular weight excluding hydrogens is 380 g/mol. The van der Waals surface area contributed by atoms with Crippen LogP contribution in [0.5, 0.6) is 0 Å². The molecule has 1 aromatic rings. The van der Waals surface area contributed by atoms with Gasteiger partial charge in [-0.25, -0.2) is 8.42 Å². The fourth-order valence-corrected chi connectivity index (χ4v) is 5.40. The molecule has 2 aliphatic rings. The van der Waals surface area contributed by atoms with Crippen LogP contribution in [0.1, 0.15) is 46.0 Å². The number of nitrogens with one attached hydrogen (secondary N) is 1. The summed E-state index contributed by atoms with van der Waals surface area (Å²) in [5.41, 5.74) is 0.555. The van der Waals surface area contributed by atoms with E-state index >= 15 is 0 Å². The number of rotatable bonds is 6. The molecule has 8 heteroatoms. The maximum atomic E-state index is 12.9. The lowest BCUT2D eigenvalue weighted by Crippen LogP contribution is -2.48. The van der Waals surface area contributed by atoms with Crippen LogP contribution >= 0.6 is 0 Å². The predicted molar refractivity (Wildman–Crippen MR) is 107 cm³/mol. The Morgan fingerprint density at radius 2 is 1.71 bits per heavy atom. The fraction of sp³-hybridized carbons (Fsp3) is 0.650. The lowest BCUT2D eigenvalue weighted by Gasteiger charge is -2.34. The van der Waals surface area contributed by atoms with E-state index in [1.807, 2.05) is 13.8 Å². The standard InChI is InChI=1S/C20H30N2O5S/c1-15-12-22(13-16(2)27-15)28(24,25)19-10-8-17(9-11-19)21-20(23)14-26-18-6-4-3-5-7-18/h8-11,15-16,18H,3-7,12-14H2,1-2H3,(H,21,23)/t15-,16+. The van der Waals surface area contributed by atoms with E-state index in [9.17, 15) is 13.2 Å². The van der Waals surface area contributed by atoms with Crippen LogP contribution in [-0.4, -0.2) is 56.6 Å². The first-order valence-electron chi connectivity index (χ1n) is 10.0. The van der Waals surface area contributed by atoms with Gasteiger partial charge in [-0.15, -0.1) is 0 Å². The number of carbonyl (C=O) groups is 1. The summed E-state index contributed by atoms with van der Waals surface area (Å²) >= 11 is 0. The second kappa shape index (κ2) is 9.35. The molecule has 2 atom stereocenters. The van der Waals surface area contributed by atoms with E-state index < -0.39 is 10.0 Å². The summed E-state index contributed by atoms with van der Waals surface area (Å²) in [6.07, 6.45) is 5.47. The van der Waals surface area contributed by atoms with Gasteiger partial charge in [0, 0.05) is 18.8 Å². The molecule has 0 radical (unpaired) electrons. The zero-order valence-electron chi connectivity index (χ0n) is 16.6. The largest absolute Gasteiger partial charge is 0.373 e. The molecule has 0 unspecified atom stereocenters. The number of benzene rings is 1. The normalized spacial score (nSPS) is 24.8. The number of sulfonamides is 1. The Labute approximate surface area is 167 Å². The van der Waals surface area contributed by atoms with E-state index in [0.29, 0.717) is 18.8 Å². The summed E-state index contributed by atoms with van der Waals surface area (Å²) in [4.78, 5) is 12.3. The summed E-state index contributed by atoms with van der Waals surface area (Å²) in [5.74, 6) is -0.225. The number of hydrogen-bond acceptors (Lipinski definition) is 5. The van der Waals surface area contributed by atoms with E-state index in [-0.39, 0.29) is 35.7 Å². The average Bonchev–Trinajstić information content (AvgIpc) is 2.67. The van der Waals surface area contributed by atoms with Crippen molar-refractivity contribution < 1.29 is 22.7 Å². The quantitative estimate of drug-likeness (QED) is 0.779. The molecule has 1 saturated carbocycles. The molecule has 0 bridgehead atoms. The summed E-state index contributed by atoms with van der Waals surface area (Å²) in [7, 11) is -3.58. The highest BCUT2D eigenvalue weighted by Gasteiger charge is 2.32. The first kappa shape index (κ1) is 21.2. The Balaban J connectivity index is 1.55. The molecule has 2 fully saturated rings. The van der Waals surface area contributed by atoms with E-state index in [0.717, 1.165) is 25.7 Å². The minimum atomic E-state index is -3.58. The topological polar surface area (TPSA) is 84.9 Å². The van der Waals surface area contributed by atoms with E-state index in [1.165, 1.54) is 22.9 Å². The van der Waals surface area contributed by atoms with Gasteiger partial charge in [0.1, 0.15) is 6.61 Å². The Kier molecular flexibility index (Phi) is 7.09. The van der Waals surface area contributed by atoms with Gasteiger partial charge in [0.25, 0.3) is 0 Å². The van der Waals surface area contributed by atoms with Gasteiger partial charge in [0.05, 0.1) is 23.2 Å². The van der Waals surface area contributed by atoms with Crippen LogP contribution in [0.2, 0.25) is 0 Å². The number of amides is 1. The van der Waals surface area contributed by atoms with Gasteiger partial charge in [-0.05, 0) is 51.0 Å². The number of ether oxygens (including phenoxy) is 2. The molecule has 1 aromatic carbocycles. The molecule has 1 amide bonds. The molecule has 1 aliphatic carbocycles. The number of morpholine rings is 1. The van der Waals surface area contributed by atoms with E-state index in [1.54, 1.807) is 12.1 Å². The molecule has 1 N–H and O–H groups in total. The van der Waals surface area contributed by atoms with Gasteiger partial charge in [0.15, 0.2) is 0 Å². The van der Waals surface area contributed by atoms with Crippen LogP contribution in [0, 0.1) is 0 Å². The Hall–Kier alpha value is -1.48. The van der Waals surface area contributed by atoms with Crippen molar-refractivity contribution in [1.82, 2.24) is 4.31 Å². The molecule has 0 spiro atoms. The molecule has 28 heavy (non-hydrogen) atoms. The van der Waals surface area contributed by atoms with Crippen LogP contribution in [-0.2, 0) is 24.3 Å². The van der Waals surface area contributed by atoms with Crippen molar-refractivity contribution in [3.05, 3.63) is 24.3 Å². The number of hydrogen-bond donors (Lipinski definition) is 1. The number of nitrogens with zero attached hydrogens (tertiary/aromatic N) is 1. The van der Waals surface area contributed by atoms with Crippen molar-refractivity contribution in [1.29, 1.82) is 0 Å². The summed E-state index contributed by atoms with van der Waals surface area (Å²) < 4.78 is 38.4. The average molecular weight is 411 g/mol. The molecule has 156 valence electrons. The lowest BCUT2D eigenvalue weighted by molar-refractivity contribution is -0.123. The maximum Gasteiger partial charge on any atom is 0.250 e. The third-order valence-corrected chi connectivity index (χ3v) is 7.01. The van der Waals surface area contributed by atoms with Crippen molar-refractivity contribution in [3.63, 3.8) is 0 Å². The second-order valence-electron chi connectivity index (χ2n) is 7.72. The van der Waals surface area contributed by atoms with Crippen LogP contribution in [0.15, 0.2) is 29.2 Å². The maximum absolute atomic E-state index is 12.9. The van der Waals surface area contributed by atoms with Crippen LogP contribution in [0.4, 0.5) is 5.69 Å². The first-order valence-corrected chi connectivity index (χ1v) is 11.5. The summed E-state index contributed by atoms with van der Waals surface area (Å²) in [5, 5.41) is 2.76. The van der Waals surface area contributed by atoms with Gasteiger partial charge in [-0.3, -0.25) is 4.79 Å². The molecule has 7 nitrogen and oxygen atoms in total. The molecular formula is C20H30N2O5S. The molecule has 1 aliphatic heterocycles. The van der Waals surface area contributed by atoms with Crippen LogP contribution < -0.4 is 5.32 Å². The van der Waals surface area contributed by atoms with Gasteiger partial charge >= 0.3 is 0 Å². The van der Waals surface area contributed by atoms with Gasteiger partial charge in [0.2, 0.25) is 15.9 Å². The van der Waals surface area contributed by atoms with Gasteiger partial charge in [-0.2, -0.15) is 4.31 Å². The predicted octanol–water partition coefficient (Wildman–Crippen LogP) is 2.77. The zero-order chi connectivity index (χ0) is 20.1. The lowest BCUT2D eigenvalue weighted by atomic mass is 9.98. The van der Waals surface area contributed by atoms with Gasteiger partial charge in [-0.1, -0.05) is 19.3 Å². The fourth-order valence-electron chi connectivity index (χ4n) is 3.81.